The van der Waals surface area contributed by atoms with Gasteiger partial charge in [-0.3, -0.25) is 9.59 Å². The maximum absolute atomic E-state index is 11.6. The van der Waals surface area contributed by atoms with Crippen LogP contribution < -0.4 is 4.74 Å². The third kappa shape index (κ3) is 3.35. The minimum absolute atomic E-state index is 0.0602. The number of ketones is 1. The Kier molecular flexibility index (Phi) is 4.19. The van der Waals surface area contributed by atoms with Crippen molar-refractivity contribution in [3.63, 3.8) is 0 Å². The fraction of sp³-hybridized carbons (Fsp3) is 0.333. The van der Waals surface area contributed by atoms with Crippen molar-refractivity contribution in [2.24, 2.45) is 0 Å². The molecule has 0 amide bonds. The Morgan fingerprint density at radius 2 is 2.32 bits per heavy atom. The highest BCUT2D eigenvalue weighted by Gasteiger charge is 2.17. The summed E-state index contributed by atoms with van der Waals surface area (Å²) in [4.78, 5) is 22.7. The smallest absolute Gasteiger partial charge is 0.317 e. The van der Waals surface area contributed by atoms with Crippen LogP contribution in [0, 0.1) is 11.8 Å². The Balaban J connectivity index is 2.08. The molecule has 0 N–H and O–H groups in total. The lowest BCUT2D eigenvalue weighted by Gasteiger charge is -2.15. The van der Waals surface area contributed by atoms with Crippen LogP contribution in [-0.4, -0.2) is 25.0 Å². The summed E-state index contributed by atoms with van der Waals surface area (Å²) in [5, 5.41) is 0. The summed E-state index contributed by atoms with van der Waals surface area (Å²) in [6.07, 6.45) is 0.478. The van der Waals surface area contributed by atoms with Crippen molar-refractivity contribution in [3.8, 4) is 17.6 Å². The fourth-order valence-electron chi connectivity index (χ4n) is 1.77. The summed E-state index contributed by atoms with van der Waals surface area (Å²) in [5.41, 5.74) is 1.32. The second-order valence-electron chi connectivity index (χ2n) is 4.02. The summed E-state index contributed by atoms with van der Waals surface area (Å²) >= 11 is 0. The Bertz CT molecular complexity index is 563. The molecule has 0 aromatic heterocycles. The molecule has 1 aromatic rings. The molecule has 0 atom stereocenters. The van der Waals surface area contributed by atoms with Crippen molar-refractivity contribution >= 4 is 11.8 Å². The van der Waals surface area contributed by atoms with E-state index in [9.17, 15) is 9.59 Å². The molecule has 98 valence electrons. The van der Waals surface area contributed by atoms with Gasteiger partial charge in [0.05, 0.1) is 18.8 Å². The molecule has 2 rings (SSSR count). The van der Waals surface area contributed by atoms with E-state index in [1.165, 1.54) is 0 Å². The van der Waals surface area contributed by atoms with Crippen LogP contribution in [0.5, 0.6) is 5.75 Å². The highest BCUT2D eigenvalue weighted by Crippen LogP contribution is 2.25. The summed E-state index contributed by atoms with van der Waals surface area (Å²) in [7, 11) is 0. The molecule has 4 heteroatoms. The van der Waals surface area contributed by atoms with Crippen LogP contribution in [0.4, 0.5) is 0 Å². The molecule has 19 heavy (non-hydrogen) atoms. The Morgan fingerprint density at radius 1 is 1.47 bits per heavy atom. The van der Waals surface area contributed by atoms with Gasteiger partial charge in [0.25, 0.3) is 0 Å². The summed E-state index contributed by atoms with van der Waals surface area (Å²) in [6.45, 7) is 2.52. The number of hydrogen-bond donors (Lipinski definition) is 0. The quantitative estimate of drug-likeness (QED) is 0.601. The van der Waals surface area contributed by atoms with E-state index in [4.69, 9.17) is 9.47 Å². The first-order chi connectivity index (χ1) is 9.20. The normalized spacial score (nSPS) is 12.8. The lowest BCUT2D eigenvalue weighted by atomic mass is 10.0. The highest BCUT2D eigenvalue weighted by atomic mass is 16.5. The fourth-order valence-corrected chi connectivity index (χ4v) is 1.77. The molecule has 4 nitrogen and oxygen atoms in total. The molecule has 1 aliphatic heterocycles. The lowest BCUT2D eigenvalue weighted by molar-refractivity contribution is -0.141. The predicted octanol–water partition coefficient (Wildman–Crippen LogP) is 1.96. The van der Waals surface area contributed by atoms with E-state index in [1.807, 2.05) is 0 Å². The highest BCUT2D eigenvalue weighted by molar-refractivity contribution is 5.99. The topological polar surface area (TPSA) is 52.6 Å². The number of Topliss-reactive ketones (excluding diaryl/α,β-unsaturated/α-hetero) is 1. The lowest BCUT2D eigenvalue weighted by Crippen LogP contribution is -2.15. The van der Waals surface area contributed by atoms with Gasteiger partial charge in [0, 0.05) is 12.0 Å². The molecule has 0 bridgehead atoms. The van der Waals surface area contributed by atoms with Gasteiger partial charge in [-0.15, -0.1) is 0 Å². The van der Waals surface area contributed by atoms with Gasteiger partial charge < -0.3 is 9.47 Å². The zero-order valence-corrected chi connectivity index (χ0v) is 10.7. The second-order valence-corrected chi connectivity index (χ2v) is 4.02. The number of rotatable bonds is 2. The van der Waals surface area contributed by atoms with Gasteiger partial charge in [-0.05, 0) is 25.1 Å². The molecule has 0 fully saturated rings. The number of hydrogen-bond acceptors (Lipinski definition) is 4. The molecule has 1 heterocycles. The zero-order valence-electron chi connectivity index (χ0n) is 10.7. The Labute approximate surface area is 111 Å². The van der Waals surface area contributed by atoms with Crippen molar-refractivity contribution in [2.45, 2.75) is 19.8 Å². The minimum Gasteiger partial charge on any atom is -0.492 e. The van der Waals surface area contributed by atoms with E-state index in [1.54, 1.807) is 25.1 Å². The van der Waals surface area contributed by atoms with Crippen LogP contribution >= 0.6 is 0 Å². The number of benzene rings is 1. The monoisotopic (exact) mass is 258 g/mol. The molecule has 0 saturated carbocycles. The van der Waals surface area contributed by atoms with Crippen molar-refractivity contribution in [1.29, 1.82) is 0 Å². The maximum atomic E-state index is 11.6. The number of carbonyl (C=O) groups excluding carboxylic acids is 2. The van der Waals surface area contributed by atoms with Crippen molar-refractivity contribution in [3.05, 3.63) is 29.3 Å². The zero-order chi connectivity index (χ0) is 13.7. The minimum atomic E-state index is -0.334. The first kappa shape index (κ1) is 13.2. The van der Waals surface area contributed by atoms with E-state index >= 15 is 0 Å². The average molecular weight is 258 g/mol. The third-order valence-corrected chi connectivity index (χ3v) is 2.64. The number of fused-ring (bicyclic) bond motifs is 1. The van der Waals surface area contributed by atoms with Crippen LogP contribution in [0.2, 0.25) is 0 Å². The molecule has 0 aliphatic carbocycles. The van der Waals surface area contributed by atoms with Crippen LogP contribution in [0.3, 0.4) is 0 Å². The number of carbonyl (C=O) groups is 2. The van der Waals surface area contributed by atoms with E-state index < -0.39 is 0 Å². The van der Waals surface area contributed by atoms with E-state index in [2.05, 4.69) is 11.8 Å². The molecule has 0 spiro atoms. The van der Waals surface area contributed by atoms with Crippen LogP contribution in [-0.2, 0) is 9.53 Å². The molecule has 0 radical (unpaired) electrons. The molecule has 1 aliphatic rings. The first-order valence-electron chi connectivity index (χ1n) is 6.15. The summed E-state index contributed by atoms with van der Waals surface area (Å²) in [5.74, 6) is 5.92. The Hall–Kier alpha value is -2.28. The van der Waals surface area contributed by atoms with E-state index in [0.29, 0.717) is 30.9 Å². The summed E-state index contributed by atoms with van der Waals surface area (Å²) in [6, 6.07) is 5.19. The number of esters is 1. The van der Waals surface area contributed by atoms with Crippen molar-refractivity contribution < 1.29 is 19.1 Å². The molecular weight excluding hydrogens is 244 g/mol. The van der Waals surface area contributed by atoms with Gasteiger partial charge in [0.2, 0.25) is 0 Å². The van der Waals surface area contributed by atoms with Gasteiger partial charge >= 0.3 is 5.97 Å². The van der Waals surface area contributed by atoms with Gasteiger partial charge in [0.1, 0.15) is 12.2 Å². The third-order valence-electron chi connectivity index (χ3n) is 2.64. The molecule has 0 saturated heterocycles. The summed E-state index contributed by atoms with van der Waals surface area (Å²) < 4.78 is 10.2. The second kappa shape index (κ2) is 6.05. The van der Waals surface area contributed by atoms with Crippen LogP contribution in [0.25, 0.3) is 0 Å². The maximum Gasteiger partial charge on any atom is 0.317 e. The predicted molar refractivity (Wildman–Crippen MR) is 69.0 cm³/mol. The molecule has 0 unspecified atom stereocenters. The average Bonchev–Trinajstić information content (AvgIpc) is 2.39. The van der Waals surface area contributed by atoms with Crippen LogP contribution in [0.1, 0.15) is 35.7 Å². The van der Waals surface area contributed by atoms with Gasteiger partial charge in [-0.25, -0.2) is 0 Å². The van der Waals surface area contributed by atoms with E-state index in [-0.39, 0.29) is 18.2 Å². The Morgan fingerprint density at radius 3 is 3.11 bits per heavy atom. The van der Waals surface area contributed by atoms with Gasteiger partial charge in [0.15, 0.2) is 5.78 Å². The van der Waals surface area contributed by atoms with Crippen molar-refractivity contribution in [1.82, 2.24) is 0 Å². The van der Waals surface area contributed by atoms with Gasteiger partial charge in [-0.2, -0.15) is 0 Å². The number of ether oxygens (including phenoxy) is 2. The largest absolute Gasteiger partial charge is 0.492 e. The standard InChI is InChI=1S/C15H14O4/c1-2-18-15(17)5-3-4-11-6-7-12-13(16)8-9-19-14(12)10-11/h6-7,10H,2,5,8-9H2,1H3. The molecular formula is C15H14O4. The van der Waals surface area contributed by atoms with E-state index in [0.717, 1.165) is 5.56 Å². The van der Waals surface area contributed by atoms with Crippen LogP contribution in [0.15, 0.2) is 18.2 Å². The first-order valence-corrected chi connectivity index (χ1v) is 6.15. The van der Waals surface area contributed by atoms with Gasteiger partial charge in [-0.1, -0.05) is 11.8 Å². The SMILES string of the molecule is CCOC(=O)CC#Cc1ccc2c(c1)OCCC2=O. The van der Waals surface area contributed by atoms with Crippen molar-refractivity contribution in [2.75, 3.05) is 13.2 Å². The molecule has 1 aromatic carbocycles.